The molecule has 0 fully saturated rings. The van der Waals surface area contributed by atoms with Gasteiger partial charge in [0.05, 0.1) is 4.92 Å². The molecule has 0 aliphatic heterocycles. The fourth-order valence-electron chi connectivity index (χ4n) is 2.53. The van der Waals surface area contributed by atoms with Crippen LogP contribution in [0.15, 0.2) is 65.8 Å². The van der Waals surface area contributed by atoms with Gasteiger partial charge in [0.25, 0.3) is 0 Å². The SMILES string of the molecule is O=[N+]([O-])/C=C/c1cn(CCSc2ccc(Cl)cc2)c2ccccc12. The van der Waals surface area contributed by atoms with Crippen molar-refractivity contribution in [2.75, 3.05) is 5.75 Å². The molecule has 3 rings (SSSR count). The molecule has 0 unspecified atom stereocenters. The molecule has 2 aromatic carbocycles. The molecule has 0 bridgehead atoms. The van der Waals surface area contributed by atoms with Gasteiger partial charge in [-0.05, 0) is 30.3 Å². The van der Waals surface area contributed by atoms with Crippen molar-refractivity contribution >= 4 is 40.3 Å². The number of benzene rings is 2. The van der Waals surface area contributed by atoms with Gasteiger partial charge < -0.3 is 4.57 Å². The summed E-state index contributed by atoms with van der Waals surface area (Å²) in [5.41, 5.74) is 1.94. The number of nitro groups is 1. The first-order chi connectivity index (χ1) is 11.6. The van der Waals surface area contributed by atoms with E-state index >= 15 is 0 Å². The average Bonchev–Trinajstić information content (AvgIpc) is 2.93. The van der Waals surface area contributed by atoms with Gasteiger partial charge in [0, 0.05) is 51.0 Å². The Morgan fingerprint density at radius 2 is 1.92 bits per heavy atom. The number of aryl methyl sites for hydroxylation is 1. The molecule has 1 heterocycles. The van der Waals surface area contributed by atoms with Crippen LogP contribution in [0.2, 0.25) is 5.02 Å². The monoisotopic (exact) mass is 358 g/mol. The molecule has 0 spiro atoms. The molecule has 0 N–H and O–H groups in total. The summed E-state index contributed by atoms with van der Waals surface area (Å²) in [6.07, 6.45) is 4.49. The topological polar surface area (TPSA) is 48.1 Å². The molecule has 4 nitrogen and oxygen atoms in total. The number of thioether (sulfide) groups is 1. The third kappa shape index (κ3) is 3.99. The predicted octanol–water partition coefficient (Wildman–Crippen LogP) is 5.33. The van der Waals surface area contributed by atoms with Crippen molar-refractivity contribution in [2.24, 2.45) is 0 Å². The Morgan fingerprint density at radius 3 is 2.67 bits per heavy atom. The third-order valence-corrected chi connectivity index (χ3v) is 4.85. The maximum Gasteiger partial charge on any atom is 0.235 e. The van der Waals surface area contributed by atoms with Gasteiger partial charge in [-0.1, -0.05) is 29.8 Å². The molecule has 0 saturated heterocycles. The minimum absolute atomic E-state index is 0.442. The highest BCUT2D eigenvalue weighted by molar-refractivity contribution is 7.99. The van der Waals surface area contributed by atoms with Crippen molar-refractivity contribution < 1.29 is 4.92 Å². The second kappa shape index (κ2) is 7.55. The Balaban J connectivity index is 1.76. The third-order valence-electron chi connectivity index (χ3n) is 3.61. The maximum atomic E-state index is 10.6. The van der Waals surface area contributed by atoms with Crippen molar-refractivity contribution in [1.82, 2.24) is 4.57 Å². The summed E-state index contributed by atoms with van der Waals surface area (Å²) in [7, 11) is 0. The van der Waals surface area contributed by atoms with Crippen LogP contribution in [0.3, 0.4) is 0 Å². The summed E-state index contributed by atoms with van der Waals surface area (Å²) >= 11 is 7.65. The standard InChI is InChI=1S/C18H15ClN2O2S/c19-15-5-7-16(8-6-15)24-12-11-20-13-14(9-10-21(22)23)17-3-1-2-4-18(17)20/h1-10,13H,11-12H2/b10-9+. The van der Waals surface area contributed by atoms with E-state index < -0.39 is 4.92 Å². The zero-order chi connectivity index (χ0) is 16.9. The first kappa shape index (κ1) is 16.6. The van der Waals surface area contributed by atoms with Crippen LogP contribution in [0.5, 0.6) is 0 Å². The maximum absolute atomic E-state index is 10.6. The summed E-state index contributed by atoms with van der Waals surface area (Å²) in [6.45, 7) is 0.820. The Hall–Kier alpha value is -2.24. The van der Waals surface area contributed by atoms with Crippen LogP contribution in [0.25, 0.3) is 17.0 Å². The molecule has 122 valence electrons. The highest BCUT2D eigenvalue weighted by Gasteiger charge is 2.07. The number of fused-ring (bicyclic) bond motifs is 1. The van der Waals surface area contributed by atoms with Crippen molar-refractivity contribution in [3.8, 4) is 0 Å². The first-order valence-electron chi connectivity index (χ1n) is 7.41. The molecule has 0 atom stereocenters. The second-order valence-electron chi connectivity index (χ2n) is 5.20. The summed E-state index contributed by atoms with van der Waals surface area (Å²) in [5, 5.41) is 12.3. The molecule has 0 aliphatic rings. The van der Waals surface area contributed by atoms with Crippen molar-refractivity contribution in [3.05, 3.63) is 81.6 Å². The Morgan fingerprint density at radius 1 is 1.17 bits per heavy atom. The lowest BCUT2D eigenvalue weighted by atomic mass is 10.2. The van der Waals surface area contributed by atoms with Gasteiger partial charge in [0.2, 0.25) is 6.20 Å². The zero-order valence-corrected chi connectivity index (χ0v) is 14.3. The Labute approximate surface area is 148 Å². The normalized spacial score (nSPS) is 11.4. The molecule has 1 aromatic heterocycles. The fraction of sp³-hybridized carbons (Fsp3) is 0.111. The largest absolute Gasteiger partial charge is 0.346 e. The van der Waals surface area contributed by atoms with Crippen LogP contribution in [-0.4, -0.2) is 15.2 Å². The van der Waals surface area contributed by atoms with Gasteiger partial charge in [-0.2, -0.15) is 0 Å². The van der Waals surface area contributed by atoms with Gasteiger partial charge in [0.15, 0.2) is 0 Å². The van der Waals surface area contributed by atoms with Crippen molar-refractivity contribution in [1.29, 1.82) is 0 Å². The number of aromatic nitrogens is 1. The van der Waals surface area contributed by atoms with Crippen LogP contribution in [-0.2, 0) is 6.54 Å². The average molecular weight is 359 g/mol. The van der Waals surface area contributed by atoms with Gasteiger partial charge in [-0.15, -0.1) is 11.8 Å². The number of rotatable bonds is 6. The van der Waals surface area contributed by atoms with E-state index in [0.29, 0.717) is 0 Å². The molecule has 0 radical (unpaired) electrons. The van der Waals surface area contributed by atoms with E-state index in [9.17, 15) is 10.1 Å². The van der Waals surface area contributed by atoms with E-state index in [4.69, 9.17) is 11.6 Å². The van der Waals surface area contributed by atoms with E-state index in [1.807, 2.05) is 54.7 Å². The van der Waals surface area contributed by atoms with Crippen molar-refractivity contribution in [3.63, 3.8) is 0 Å². The number of hydrogen-bond acceptors (Lipinski definition) is 3. The predicted molar refractivity (Wildman–Crippen MR) is 100 cm³/mol. The lowest BCUT2D eigenvalue weighted by Gasteiger charge is -2.05. The molecule has 24 heavy (non-hydrogen) atoms. The molecule has 0 amide bonds. The van der Waals surface area contributed by atoms with Gasteiger partial charge >= 0.3 is 0 Å². The first-order valence-corrected chi connectivity index (χ1v) is 8.78. The van der Waals surface area contributed by atoms with Gasteiger partial charge in [0.1, 0.15) is 0 Å². The minimum atomic E-state index is -0.442. The highest BCUT2D eigenvalue weighted by atomic mass is 35.5. The summed E-state index contributed by atoms with van der Waals surface area (Å²) in [4.78, 5) is 11.3. The van der Waals surface area contributed by atoms with Gasteiger partial charge in [-0.25, -0.2) is 0 Å². The van der Waals surface area contributed by atoms with Crippen LogP contribution < -0.4 is 0 Å². The lowest BCUT2D eigenvalue weighted by Crippen LogP contribution is -1.98. The molecule has 3 aromatic rings. The van der Waals surface area contributed by atoms with E-state index in [2.05, 4.69) is 4.57 Å². The van der Waals surface area contributed by atoms with Crippen LogP contribution in [0.4, 0.5) is 0 Å². The lowest BCUT2D eigenvalue weighted by molar-refractivity contribution is -0.400. The molecular weight excluding hydrogens is 344 g/mol. The molecule has 0 aliphatic carbocycles. The second-order valence-corrected chi connectivity index (χ2v) is 6.80. The van der Waals surface area contributed by atoms with E-state index in [1.54, 1.807) is 17.8 Å². The van der Waals surface area contributed by atoms with Crippen LogP contribution >= 0.6 is 23.4 Å². The Kier molecular flexibility index (Phi) is 5.23. The summed E-state index contributed by atoms with van der Waals surface area (Å²) < 4.78 is 2.14. The fourth-order valence-corrected chi connectivity index (χ4v) is 3.51. The van der Waals surface area contributed by atoms with Crippen molar-refractivity contribution in [2.45, 2.75) is 11.4 Å². The van der Waals surface area contributed by atoms with E-state index in [-0.39, 0.29) is 0 Å². The molecule has 0 saturated carbocycles. The van der Waals surface area contributed by atoms with E-state index in [0.717, 1.165) is 40.0 Å². The summed E-state index contributed by atoms with van der Waals surface area (Å²) in [5.74, 6) is 0.901. The zero-order valence-electron chi connectivity index (χ0n) is 12.8. The Bertz CT molecular complexity index is 888. The van der Waals surface area contributed by atoms with Gasteiger partial charge in [-0.3, -0.25) is 10.1 Å². The van der Waals surface area contributed by atoms with Crippen LogP contribution in [0.1, 0.15) is 5.56 Å². The number of para-hydroxylation sites is 1. The van der Waals surface area contributed by atoms with Crippen LogP contribution in [0, 0.1) is 10.1 Å². The number of hydrogen-bond donors (Lipinski definition) is 0. The smallest absolute Gasteiger partial charge is 0.235 e. The number of halogens is 1. The minimum Gasteiger partial charge on any atom is -0.346 e. The number of nitrogens with zero attached hydrogens (tertiary/aromatic N) is 2. The highest BCUT2D eigenvalue weighted by Crippen LogP contribution is 2.25. The summed E-state index contributed by atoms with van der Waals surface area (Å²) in [6, 6.07) is 15.7. The molecule has 6 heteroatoms. The van der Waals surface area contributed by atoms with E-state index in [1.165, 1.54) is 4.90 Å². The quantitative estimate of drug-likeness (QED) is 0.339. The molecular formula is C18H15ClN2O2S.